The number of sulfone groups is 1. The molecule has 0 saturated carbocycles. The normalized spacial score (nSPS) is 17.9. The highest BCUT2D eigenvalue weighted by atomic mass is 32.2. The SMILES string of the molecule is COc1ccc(OC)c(NC(=O)c2ccc(NC3CCS(=O)(=O)C3)nc2)c1. The van der Waals surface area contributed by atoms with E-state index in [4.69, 9.17) is 9.47 Å². The maximum absolute atomic E-state index is 12.5. The molecule has 1 atom stereocenters. The summed E-state index contributed by atoms with van der Waals surface area (Å²) in [6.07, 6.45) is 2.00. The summed E-state index contributed by atoms with van der Waals surface area (Å²) in [5.41, 5.74) is 0.852. The van der Waals surface area contributed by atoms with Crippen LogP contribution in [0.2, 0.25) is 0 Å². The molecule has 2 N–H and O–H groups in total. The molecule has 8 nitrogen and oxygen atoms in total. The van der Waals surface area contributed by atoms with Crippen LogP contribution in [0, 0.1) is 0 Å². The van der Waals surface area contributed by atoms with E-state index >= 15 is 0 Å². The zero-order valence-electron chi connectivity index (χ0n) is 15.1. The summed E-state index contributed by atoms with van der Waals surface area (Å²) in [5.74, 6) is 1.59. The molecule has 1 aromatic heterocycles. The quantitative estimate of drug-likeness (QED) is 0.775. The molecular formula is C18H21N3O5S. The first-order valence-electron chi connectivity index (χ1n) is 8.36. The number of ether oxygens (including phenoxy) is 2. The lowest BCUT2D eigenvalue weighted by atomic mass is 10.2. The van der Waals surface area contributed by atoms with E-state index in [0.717, 1.165) is 0 Å². The fourth-order valence-electron chi connectivity index (χ4n) is 2.84. The minimum Gasteiger partial charge on any atom is -0.497 e. The van der Waals surface area contributed by atoms with Crippen LogP contribution < -0.4 is 20.1 Å². The number of amides is 1. The molecule has 2 heterocycles. The third kappa shape index (κ3) is 4.68. The maximum Gasteiger partial charge on any atom is 0.257 e. The molecule has 9 heteroatoms. The van der Waals surface area contributed by atoms with Gasteiger partial charge in [-0.2, -0.15) is 0 Å². The van der Waals surface area contributed by atoms with Gasteiger partial charge in [0.2, 0.25) is 0 Å². The average molecular weight is 391 g/mol. The van der Waals surface area contributed by atoms with Gasteiger partial charge in [-0.3, -0.25) is 4.79 Å². The van der Waals surface area contributed by atoms with E-state index < -0.39 is 9.84 Å². The Bertz CT molecular complexity index is 929. The third-order valence-electron chi connectivity index (χ3n) is 4.26. The number of pyridine rings is 1. The van der Waals surface area contributed by atoms with Crippen molar-refractivity contribution in [3.8, 4) is 11.5 Å². The van der Waals surface area contributed by atoms with Gasteiger partial charge in [0.15, 0.2) is 9.84 Å². The van der Waals surface area contributed by atoms with Crippen molar-refractivity contribution in [3.63, 3.8) is 0 Å². The molecule has 1 aliphatic rings. The van der Waals surface area contributed by atoms with Gasteiger partial charge in [0, 0.05) is 18.3 Å². The van der Waals surface area contributed by atoms with E-state index in [1.807, 2.05) is 0 Å². The number of benzene rings is 1. The van der Waals surface area contributed by atoms with Gasteiger partial charge in [-0.25, -0.2) is 13.4 Å². The number of aromatic nitrogens is 1. The highest BCUT2D eigenvalue weighted by Gasteiger charge is 2.27. The van der Waals surface area contributed by atoms with Crippen LogP contribution >= 0.6 is 0 Å². The van der Waals surface area contributed by atoms with Crippen LogP contribution in [0.5, 0.6) is 11.5 Å². The Kier molecular flexibility index (Phi) is 5.50. The average Bonchev–Trinajstić information content (AvgIpc) is 3.00. The minimum atomic E-state index is -2.96. The minimum absolute atomic E-state index is 0.104. The third-order valence-corrected chi connectivity index (χ3v) is 6.03. The zero-order valence-corrected chi connectivity index (χ0v) is 15.9. The van der Waals surface area contributed by atoms with Crippen LogP contribution in [0.15, 0.2) is 36.5 Å². The van der Waals surface area contributed by atoms with Crippen molar-refractivity contribution < 1.29 is 22.7 Å². The molecule has 0 aliphatic carbocycles. The van der Waals surface area contributed by atoms with Gasteiger partial charge >= 0.3 is 0 Å². The van der Waals surface area contributed by atoms with Crippen molar-refractivity contribution in [2.45, 2.75) is 12.5 Å². The fraction of sp³-hybridized carbons (Fsp3) is 0.333. The summed E-state index contributed by atoms with van der Waals surface area (Å²) < 4.78 is 33.4. The molecule has 0 spiro atoms. The van der Waals surface area contributed by atoms with Crippen molar-refractivity contribution in [2.24, 2.45) is 0 Å². The lowest BCUT2D eigenvalue weighted by molar-refractivity contribution is 0.102. The number of carbonyl (C=O) groups is 1. The van der Waals surface area contributed by atoms with Gasteiger partial charge in [0.1, 0.15) is 17.3 Å². The fourth-order valence-corrected chi connectivity index (χ4v) is 4.51. The second-order valence-corrected chi connectivity index (χ2v) is 8.43. The molecule has 27 heavy (non-hydrogen) atoms. The number of nitrogens with one attached hydrogen (secondary N) is 2. The number of anilines is 2. The largest absolute Gasteiger partial charge is 0.497 e. The number of hydrogen-bond donors (Lipinski definition) is 2. The Labute approximate surface area is 157 Å². The van der Waals surface area contributed by atoms with Crippen molar-refractivity contribution in [2.75, 3.05) is 36.4 Å². The molecule has 1 unspecified atom stereocenters. The second kappa shape index (κ2) is 7.83. The van der Waals surface area contributed by atoms with Gasteiger partial charge in [0.05, 0.1) is 37.0 Å². The van der Waals surface area contributed by atoms with Gasteiger partial charge < -0.3 is 20.1 Å². The molecule has 0 bridgehead atoms. The molecule has 1 aliphatic heterocycles. The molecule has 0 radical (unpaired) electrons. The van der Waals surface area contributed by atoms with E-state index in [1.165, 1.54) is 13.3 Å². The van der Waals surface area contributed by atoms with E-state index in [-0.39, 0.29) is 23.5 Å². The first kappa shape index (κ1) is 19.0. The Morgan fingerprint density at radius 1 is 1.19 bits per heavy atom. The Morgan fingerprint density at radius 2 is 2.00 bits per heavy atom. The predicted octanol–water partition coefficient (Wildman–Crippen LogP) is 1.95. The second-order valence-electron chi connectivity index (χ2n) is 6.20. The molecule has 3 rings (SSSR count). The van der Waals surface area contributed by atoms with Gasteiger partial charge in [0.25, 0.3) is 5.91 Å². The molecule has 1 fully saturated rings. The van der Waals surface area contributed by atoms with Crippen LogP contribution in [0.4, 0.5) is 11.5 Å². The van der Waals surface area contributed by atoms with E-state index in [1.54, 1.807) is 37.4 Å². The Hall–Kier alpha value is -2.81. The van der Waals surface area contributed by atoms with Crippen LogP contribution in [0.25, 0.3) is 0 Å². The summed E-state index contributed by atoms with van der Waals surface area (Å²) >= 11 is 0. The van der Waals surface area contributed by atoms with Crippen LogP contribution in [0.1, 0.15) is 16.8 Å². The topological polar surface area (TPSA) is 107 Å². The Balaban J connectivity index is 1.67. The highest BCUT2D eigenvalue weighted by molar-refractivity contribution is 7.91. The van der Waals surface area contributed by atoms with Crippen LogP contribution in [0.3, 0.4) is 0 Å². The zero-order chi connectivity index (χ0) is 19.4. The number of carbonyl (C=O) groups excluding carboxylic acids is 1. The standard InChI is InChI=1S/C18H21N3O5S/c1-25-14-4-5-16(26-2)15(9-14)21-18(22)12-3-6-17(19-10-12)20-13-7-8-27(23,24)11-13/h3-6,9-10,13H,7-8,11H2,1-2H3,(H,19,20)(H,21,22). The molecule has 144 valence electrons. The van der Waals surface area contributed by atoms with Gasteiger partial charge in [-0.15, -0.1) is 0 Å². The van der Waals surface area contributed by atoms with Crippen molar-refractivity contribution in [1.29, 1.82) is 0 Å². The van der Waals surface area contributed by atoms with Gasteiger partial charge in [-0.05, 0) is 30.7 Å². The monoisotopic (exact) mass is 391 g/mol. The molecule has 1 aromatic carbocycles. The summed E-state index contributed by atoms with van der Waals surface area (Å²) in [6, 6.07) is 8.24. The van der Waals surface area contributed by atoms with Crippen molar-refractivity contribution in [3.05, 3.63) is 42.1 Å². The Morgan fingerprint density at radius 3 is 2.59 bits per heavy atom. The number of nitrogens with zero attached hydrogens (tertiary/aromatic N) is 1. The van der Waals surface area contributed by atoms with E-state index in [9.17, 15) is 13.2 Å². The molecule has 2 aromatic rings. The first-order valence-corrected chi connectivity index (χ1v) is 10.2. The van der Waals surface area contributed by atoms with Crippen LogP contribution in [-0.2, 0) is 9.84 Å². The summed E-state index contributed by atoms with van der Waals surface area (Å²) in [5, 5.41) is 5.86. The number of hydrogen-bond acceptors (Lipinski definition) is 7. The highest BCUT2D eigenvalue weighted by Crippen LogP contribution is 2.29. The smallest absolute Gasteiger partial charge is 0.257 e. The summed E-state index contributed by atoms with van der Waals surface area (Å²) in [4.78, 5) is 16.7. The lowest BCUT2D eigenvalue weighted by Crippen LogP contribution is -2.21. The van der Waals surface area contributed by atoms with Crippen molar-refractivity contribution in [1.82, 2.24) is 4.98 Å². The van der Waals surface area contributed by atoms with Crippen LogP contribution in [-0.4, -0.2) is 51.1 Å². The summed E-state index contributed by atoms with van der Waals surface area (Å²) in [6.45, 7) is 0. The summed E-state index contributed by atoms with van der Waals surface area (Å²) in [7, 11) is 0.0962. The molecular weight excluding hydrogens is 370 g/mol. The maximum atomic E-state index is 12.5. The van der Waals surface area contributed by atoms with Crippen molar-refractivity contribution >= 4 is 27.2 Å². The molecule has 1 amide bonds. The molecule has 1 saturated heterocycles. The van der Waals surface area contributed by atoms with E-state index in [0.29, 0.717) is 35.0 Å². The number of methoxy groups -OCH3 is 2. The first-order chi connectivity index (χ1) is 12.9. The lowest BCUT2D eigenvalue weighted by Gasteiger charge is -2.13. The predicted molar refractivity (Wildman–Crippen MR) is 102 cm³/mol. The number of rotatable bonds is 6. The van der Waals surface area contributed by atoms with Gasteiger partial charge in [-0.1, -0.05) is 0 Å². The van der Waals surface area contributed by atoms with E-state index in [2.05, 4.69) is 15.6 Å².